The second kappa shape index (κ2) is 8.65. The average molecular weight is 347 g/mol. The summed E-state index contributed by atoms with van der Waals surface area (Å²) in [5.41, 5.74) is 2.41. The maximum Gasteiger partial charge on any atom is 0.317 e. The van der Waals surface area contributed by atoms with Crippen LogP contribution in [0.15, 0.2) is 24.3 Å². The smallest absolute Gasteiger partial charge is 0.317 e. The van der Waals surface area contributed by atoms with E-state index >= 15 is 0 Å². The van der Waals surface area contributed by atoms with Crippen molar-refractivity contribution in [1.82, 2.24) is 15.1 Å². The summed E-state index contributed by atoms with van der Waals surface area (Å²) < 4.78 is 11.1. The maximum atomic E-state index is 12.3. The zero-order chi connectivity index (χ0) is 17.6. The van der Waals surface area contributed by atoms with Gasteiger partial charge in [-0.15, -0.1) is 0 Å². The minimum atomic E-state index is -0.0115. The quantitative estimate of drug-likeness (QED) is 0.903. The zero-order valence-corrected chi connectivity index (χ0v) is 15.2. The largest absolute Gasteiger partial charge is 0.376 e. The van der Waals surface area contributed by atoms with Gasteiger partial charge >= 0.3 is 6.03 Å². The predicted octanol–water partition coefficient (Wildman–Crippen LogP) is 1.84. The van der Waals surface area contributed by atoms with Gasteiger partial charge in [0.25, 0.3) is 0 Å². The van der Waals surface area contributed by atoms with Crippen LogP contribution in [0.4, 0.5) is 4.79 Å². The minimum Gasteiger partial charge on any atom is -0.376 e. The highest BCUT2D eigenvalue weighted by Gasteiger charge is 2.21. The van der Waals surface area contributed by atoms with Crippen LogP contribution >= 0.6 is 0 Å². The van der Waals surface area contributed by atoms with E-state index in [1.165, 1.54) is 5.56 Å². The molecule has 138 valence electrons. The van der Waals surface area contributed by atoms with Gasteiger partial charge in [0.1, 0.15) is 0 Å². The monoisotopic (exact) mass is 347 g/mol. The van der Waals surface area contributed by atoms with Gasteiger partial charge in [0, 0.05) is 39.3 Å². The van der Waals surface area contributed by atoms with Gasteiger partial charge in [-0.1, -0.05) is 24.3 Å². The number of morpholine rings is 2. The molecule has 0 aliphatic carbocycles. The van der Waals surface area contributed by atoms with E-state index in [-0.39, 0.29) is 12.1 Å². The highest BCUT2D eigenvalue weighted by molar-refractivity contribution is 5.74. The Labute approximate surface area is 150 Å². The molecule has 1 N–H and O–H groups in total. The summed E-state index contributed by atoms with van der Waals surface area (Å²) in [6.45, 7) is 10.3. The highest BCUT2D eigenvalue weighted by atomic mass is 16.5. The molecule has 2 aliphatic heterocycles. The molecule has 2 heterocycles. The SMILES string of the molecule is C[C@@H]1CN(Cc2cccc(CNC(=O)N3CCO[C@@H](C)C3)c2)CCO1. The molecule has 6 nitrogen and oxygen atoms in total. The molecule has 0 radical (unpaired) electrons. The normalized spacial score (nSPS) is 25.0. The number of urea groups is 1. The van der Waals surface area contributed by atoms with E-state index in [2.05, 4.69) is 41.4 Å². The molecule has 1 aromatic carbocycles. The van der Waals surface area contributed by atoms with Crippen LogP contribution in [-0.2, 0) is 22.6 Å². The molecule has 2 atom stereocenters. The lowest BCUT2D eigenvalue weighted by atomic mass is 10.1. The molecular weight excluding hydrogens is 318 g/mol. The van der Waals surface area contributed by atoms with Crippen molar-refractivity contribution in [3.05, 3.63) is 35.4 Å². The van der Waals surface area contributed by atoms with E-state index < -0.39 is 0 Å². The molecule has 0 bridgehead atoms. The summed E-state index contributed by atoms with van der Waals surface area (Å²) >= 11 is 0. The van der Waals surface area contributed by atoms with Gasteiger partial charge in [0.05, 0.1) is 25.4 Å². The molecule has 0 saturated carbocycles. The lowest BCUT2D eigenvalue weighted by Crippen LogP contribution is -2.48. The molecule has 2 saturated heterocycles. The number of nitrogens with zero attached hydrogens (tertiary/aromatic N) is 2. The fourth-order valence-corrected chi connectivity index (χ4v) is 3.42. The van der Waals surface area contributed by atoms with Crippen molar-refractivity contribution in [1.29, 1.82) is 0 Å². The fourth-order valence-electron chi connectivity index (χ4n) is 3.42. The first-order chi connectivity index (χ1) is 12.1. The summed E-state index contributed by atoms with van der Waals surface area (Å²) in [4.78, 5) is 16.5. The molecule has 0 aromatic heterocycles. The third kappa shape index (κ3) is 5.42. The number of carbonyl (C=O) groups excluding carboxylic acids is 1. The summed E-state index contributed by atoms with van der Waals surface area (Å²) in [5, 5.41) is 3.02. The van der Waals surface area contributed by atoms with E-state index in [4.69, 9.17) is 9.47 Å². The predicted molar refractivity (Wildman–Crippen MR) is 96.4 cm³/mol. The van der Waals surface area contributed by atoms with Crippen molar-refractivity contribution in [2.45, 2.75) is 39.1 Å². The summed E-state index contributed by atoms with van der Waals surface area (Å²) in [7, 11) is 0. The van der Waals surface area contributed by atoms with Crippen LogP contribution in [0.5, 0.6) is 0 Å². The van der Waals surface area contributed by atoms with Crippen LogP contribution in [-0.4, -0.2) is 67.4 Å². The van der Waals surface area contributed by atoms with Gasteiger partial charge in [-0.2, -0.15) is 0 Å². The molecule has 0 unspecified atom stereocenters. The number of hydrogen-bond donors (Lipinski definition) is 1. The topological polar surface area (TPSA) is 54.0 Å². The van der Waals surface area contributed by atoms with E-state index in [0.29, 0.717) is 32.3 Å². The number of benzene rings is 1. The maximum absolute atomic E-state index is 12.3. The summed E-state index contributed by atoms with van der Waals surface area (Å²) in [6, 6.07) is 8.45. The van der Waals surface area contributed by atoms with Gasteiger partial charge in [-0.05, 0) is 25.0 Å². The second-order valence-corrected chi connectivity index (χ2v) is 7.02. The van der Waals surface area contributed by atoms with Gasteiger partial charge in [-0.3, -0.25) is 4.90 Å². The first kappa shape index (κ1) is 18.2. The fraction of sp³-hybridized carbons (Fsp3) is 0.632. The lowest BCUT2D eigenvalue weighted by Gasteiger charge is -2.31. The van der Waals surface area contributed by atoms with Gasteiger partial charge in [-0.25, -0.2) is 4.79 Å². The Bertz CT molecular complexity index is 581. The van der Waals surface area contributed by atoms with Crippen LogP contribution in [0.25, 0.3) is 0 Å². The van der Waals surface area contributed by atoms with Crippen LogP contribution in [0.1, 0.15) is 25.0 Å². The van der Waals surface area contributed by atoms with E-state index in [1.807, 2.05) is 11.8 Å². The zero-order valence-electron chi connectivity index (χ0n) is 15.2. The first-order valence-corrected chi connectivity index (χ1v) is 9.16. The Hall–Kier alpha value is -1.63. The van der Waals surface area contributed by atoms with Crippen LogP contribution in [0, 0.1) is 0 Å². The van der Waals surface area contributed by atoms with E-state index in [0.717, 1.165) is 31.8 Å². The van der Waals surface area contributed by atoms with Gasteiger partial charge in [0.15, 0.2) is 0 Å². The second-order valence-electron chi connectivity index (χ2n) is 7.02. The molecule has 2 aliphatic rings. The summed E-state index contributed by atoms with van der Waals surface area (Å²) in [6.07, 6.45) is 0.408. The van der Waals surface area contributed by atoms with E-state index in [9.17, 15) is 4.79 Å². The van der Waals surface area contributed by atoms with Crippen LogP contribution in [0.3, 0.4) is 0 Å². The van der Waals surface area contributed by atoms with Crippen LogP contribution < -0.4 is 5.32 Å². The molecule has 25 heavy (non-hydrogen) atoms. The number of hydrogen-bond acceptors (Lipinski definition) is 4. The Morgan fingerprint density at radius 2 is 1.84 bits per heavy atom. The third-order valence-corrected chi connectivity index (χ3v) is 4.69. The Kier molecular flexibility index (Phi) is 6.29. The Morgan fingerprint density at radius 3 is 2.60 bits per heavy atom. The van der Waals surface area contributed by atoms with Gasteiger partial charge in [0.2, 0.25) is 0 Å². The number of rotatable bonds is 4. The summed E-state index contributed by atoms with van der Waals surface area (Å²) in [5.74, 6) is 0. The standard InChI is InChI=1S/C19H29N3O3/c1-15-12-21(6-8-24-15)14-18-5-3-4-17(10-18)11-20-19(23)22-7-9-25-16(2)13-22/h3-5,10,15-16H,6-9,11-14H2,1-2H3,(H,20,23)/t15-,16+/m1/s1. The molecular formula is C19H29N3O3. The molecule has 1 aromatic rings. The Morgan fingerprint density at radius 1 is 1.12 bits per heavy atom. The third-order valence-electron chi connectivity index (χ3n) is 4.69. The Balaban J connectivity index is 1.50. The van der Waals surface area contributed by atoms with Gasteiger partial charge < -0.3 is 19.7 Å². The number of carbonyl (C=O) groups is 1. The number of amides is 2. The number of nitrogens with one attached hydrogen (secondary N) is 1. The highest BCUT2D eigenvalue weighted by Crippen LogP contribution is 2.12. The molecule has 3 rings (SSSR count). The van der Waals surface area contributed by atoms with Crippen molar-refractivity contribution in [3.63, 3.8) is 0 Å². The minimum absolute atomic E-state index is 0.0115. The average Bonchev–Trinajstić information content (AvgIpc) is 2.60. The molecule has 2 amide bonds. The van der Waals surface area contributed by atoms with Crippen molar-refractivity contribution in [3.8, 4) is 0 Å². The molecule has 0 spiro atoms. The van der Waals surface area contributed by atoms with E-state index in [1.54, 1.807) is 0 Å². The van der Waals surface area contributed by atoms with Crippen molar-refractivity contribution in [2.24, 2.45) is 0 Å². The van der Waals surface area contributed by atoms with Crippen molar-refractivity contribution >= 4 is 6.03 Å². The first-order valence-electron chi connectivity index (χ1n) is 9.16. The molecule has 2 fully saturated rings. The molecule has 6 heteroatoms. The lowest BCUT2D eigenvalue weighted by molar-refractivity contribution is -0.0212. The van der Waals surface area contributed by atoms with Crippen molar-refractivity contribution in [2.75, 3.05) is 39.4 Å². The number of ether oxygens (including phenoxy) is 2. The van der Waals surface area contributed by atoms with Crippen molar-refractivity contribution < 1.29 is 14.3 Å². The van der Waals surface area contributed by atoms with Crippen LogP contribution in [0.2, 0.25) is 0 Å².